The first-order valence-corrected chi connectivity index (χ1v) is 9.31. The molecule has 1 aromatic carbocycles. The van der Waals surface area contributed by atoms with E-state index in [9.17, 15) is 0 Å². The van der Waals surface area contributed by atoms with Crippen LogP contribution in [0.5, 0.6) is 0 Å². The molecule has 5 nitrogen and oxygen atoms in total. The Balaban J connectivity index is 1.76. The van der Waals surface area contributed by atoms with E-state index in [-0.39, 0.29) is 0 Å². The standard InChI is InChI=1S/C20H22ClN5/c1-13-10-14(21)5-6-16(13)19-18-11-22-8-7-17(18)20(25-24-19)23-15-4-3-9-26(2)12-15/h5-8,10-11,15H,3-4,9,12H2,1-2H3,(H,23,25). The van der Waals surface area contributed by atoms with Crippen molar-refractivity contribution in [3.05, 3.63) is 47.2 Å². The van der Waals surface area contributed by atoms with Gasteiger partial charge in [-0.2, -0.15) is 0 Å². The Kier molecular flexibility index (Phi) is 4.74. The Hall–Kier alpha value is -2.24. The average molecular weight is 368 g/mol. The molecule has 1 atom stereocenters. The fraction of sp³-hybridized carbons (Fsp3) is 0.350. The molecule has 0 bridgehead atoms. The maximum atomic E-state index is 6.11. The van der Waals surface area contributed by atoms with Crippen molar-refractivity contribution in [3.8, 4) is 11.3 Å². The second-order valence-electron chi connectivity index (χ2n) is 7.02. The Bertz CT molecular complexity index is 943. The number of nitrogens with one attached hydrogen (secondary N) is 1. The lowest BCUT2D eigenvalue weighted by atomic mass is 10.0. The van der Waals surface area contributed by atoms with Gasteiger partial charge in [-0.05, 0) is 57.1 Å². The number of aryl methyl sites for hydroxylation is 1. The Morgan fingerprint density at radius 1 is 1.19 bits per heavy atom. The molecule has 3 aromatic rings. The van der Waals surface area contributed by atoms with Crippen LogP contribution in [0.2, 0.25) is 5.02 Å². The average Bonchev–Trinajstić information content (AvgIpc) is 2.63. The number of anilines is 1. The number of hydrogen-bond donors (Lipinski definition) is 1. The summed E-state index contributed by atoms with van der Waals surface area (Å²) >= 11 is 6.11. The molecule has 1 aliphatic heterocycles. The number of likely N-dealkylation sites (N-methyl/N-ethyl adjacent to an activating group) is 1. The minimum Gasteiger partial charge on any atom is -0.364 e. The summed E-state index contributed by atoms with van der Waals surface area (Å²) in [7, 11) is 2.16. The zero-order chi connectivity index (χ0) is 18.1. The lowest BCUT2D eigenvalue weighted by molar-refractivity contribution is 0.261. The van der Waals surface area contributed by atoms with Crippen LogP contribution in [-0.4, -0.2) is 46.3 Å². The molecule has 0 saturated carbocycles. The number of aromatic nitrogens is 3. The smallest absolute Gasteiger partial charge is 0.156 e. The Morgan fingerprint density at radius 2 is 2.08 bits per heavy atom. The van der Waals surface area contributed by atoms with Crippen molar-refractivity contribution in [2.45, 2.75) is 25.8 Å². The van der Waals surface area contributed by atoms with E-state index in [4.69, 9.17) is 11.6 Å². The van der Waals surface area contributed by atoms with E-state index in [1.807, 2.05) is 37.4 Å². The highest BCUT2D eigenvalue weighted by Gasteiger charge is 2.19. The number of likely N-dealkylation sites (tertiary alicyclic amines) is 1. The first-order valence-electron chi connectivity index (χ1n) is 8.94. The fourth-order valence-corrected chi connectivity index (χ4v) is 3.90. The molecule has 1 unspecified atom stereocenters. The molecule has 6 heteroatoms. The SMILES string of the molecule is Cc1cc(Cl)ccc1-c1nnc(NC2CCCN(C)C2)c2ccncc12. The predicted octanol–water partition coefficient (Wildman–Crippen LogP) is 4.16. The van der Waals surface area contributed by atoms with Crippen LogP contribution in [0.25, 0.3) is 22.0 Å². The van der Waals surface area contributed by atoms with Gasteiger partial charge >= 0.3 is 0 Å². The molecule has 1 fully saturated rings. The summed E-state index contributed by atoms with van der Waals surface area (Å²) in [5.74, 6) is 0.832. The molecule has 134 valence electrons. The summed E-state index contributed by atoms with van der Waals surface area (Å²) in [4.78, 5) is 6.67. The van der Waals surface area contributed by atoms with Gasteiger partial charge in [-0.15, -0.1) is 10.2 Å². The zero-order valence-electron chi connectivity index (χ0n) is 15.0. The van der Waals surface area contributed by atoms with Crippen LogP contribution in [0, 0.1) is 6.92 Å². The van der Waals surface area contributed by atoms with Gasteiger partial charge in [0.25, 0.3) is 0 Å². The summed E-state index contributed by atoms with van der Waals surface area (Å²) in [5, 5.41) is 15.4. The normalized spacial score (nSPS) is 18.2. The van der Waals surface area contributed by atoms with Crippen molar-refractivity contribution < 1.29 is 0 Å². The molecule has 4 rings (SSSR count). The van der Waals surface area contributed by atoms with Crippen LogP contribution in [0.1, 0.15) is 18.4 Å². The summed E-state index contributed by atoms with van der Waals surface area (Å²) in [6.07, 6.45) is 6.02. The molecular formula is C20H22ClN5. The van der Waals surface area contributed by atoms with E-state index in [1.165, 1.54) is 6.42 Å². The highest BCUT2D eigenvalue weighted by molar-refractivity contribution is 6.30. The lowest BCUT2D eigenvalue weighted by Gasteiger charge is -2.30. The summed E-state index contributed by atoms with van der Waals surface area (Å²) < 4.78 is 0. The van der Waals surface area contributed by atoms with E-state index >= 15 is 0 Å². The van der Waals surface area contributed by atoms with Crippen LogP contribution in [-0.2, 0) is 0 Å². The number of hydrogen-bond acceptors (Lipinski definition) is 5. The molecular weight excluding hydrogens is 346 g/mol. The third-order valence-corrected chi connectivity index (χ3v) is 5.23. The summed E-state index contributed by atoms with van der Waals surface area (Å²) in [5.41, 5.74) is 2.95. The zero-order valence-corrected chi connectivity index (χ0v) is 15.8. The van der Waals surface area contributed by atoms with Gasteiger partial charge in [-0.25, -0.2) is 0 Å². The third kappa shape index (κ3) is 3.37. The van der Waals surface area contributed by atoms with Crippen LogP contribution < -0.4 is 5.32 Å². The quantitative estimate of drug-likeness (QED) is 0.753. The molecule has 0 spiro atoms. The van der Waals surface area contributed by atoms with E-state index < -0.39 is 0 Å². The van der Waals surface area contributed by atoms with Crippen molar-refractivity contribution in [2.24, 2.45) is 0 Å². The van der Waals surface area contributed by atoms with E-state index in [0.717, 1.165) is 57.9 Å². The van der Waals surface area contributed by atoms with Crippen LogP contribution in [0.3, 0.4) is 0 Å². The van der Waals surface area contributed by atoms with E-state index in [0.29, 0.717) is 6.04 Å². The molecule has 0 aliphatic carbocycles. The summed E-state index contributed by atoms with van der Waals surface area (Å²) in [6, 6.07) is 8.23. The van der Waals surface area contributed by atoms with Crippen LogP contribution >= 0.6 is 11.6 Å². The molecule has 0 amide bonds. The molecule has 2 aromatic heterocycles. The lowest BCUT2D eigenvalue weighted by Crippen LogP contribution is -2.40. The highest BCUT2D eigenvalue weighted by atomic mass is 35.5. The van der Waals surface area contributed by atoms with Gasteiger partial charge in [-0.3, -0.25) is 4.98 Å². The van der Waals surface area contributed by atoms with Crippen LogP contribution in [0.4, 0.5) is 5.82 Å². The second kappa shape index (κ2) is 7.17. The van der Waals surface area contributed by atoms with Gasteiger partial charge in [0.1, 0.15) is 5.69 Å². The van der Waals surface area contributed by atoms with E-state index in [2.05, 4.69) is 32.4 Å². The predicted molar refractivity (Wildman–Crippen MR) is 107 cm³/mol. The van der Waals surface area contributed by atoms with Crippen molar-refractivity contribution in [1.29, 1.82) is 0 Å². The monoisotopic (exact) mass is 367 g/mol. The number of halogens is 1. The number of nitrogens with zero attached hydrogens (tertiary/aromatic N) is 4. The Morgan fingerprint density at radius 3 is 2.88 bits per heavy atom. The third-order valence-electron chi connectivity index (χ3n) is 4.99. The second-order valence-corrected chi connectivity index (χ2v) is 7.46. The number of rotatable bonds is 3. The largest absolute Gasteiger partial charge is 0.364 e. The van der Waals surface area contributed by atoms with Gasteiger partial charge in [-0.1, -0.05) is 17.7 Å². The molecule has 1 aliphatic rings. The van der Waals surface area contributed by atoms with Crippen molar-refractivity contribution >= 4 is 28.2 Å². The minimum atomic E-state index is 0.391. The van der Waals surface area contributed by atoms with Gasteiger partial charge in [0.15, 0.2) is 5.82 Å². The Labute approximate surface area is 158 Å². The van der Waals surface area contributed by atoms with Gasteiger partial charge in [0, 0.05) is 46.3 Å². The molecule has 0 radical (unpaired) electrons. The van der Waals surface area contributed by atoms with Gasteiger partial charge in [0.05, 0.1) is 0 Å². The number of pyridine rings is 1. The maximum Gasteiger partial charge on any atom is 0.156 e. The number of benzene rings is 1. The molecule has 3 heterocycles. The number of piperidine rings is 1. The molecule has 1 N–H and O–H groups in total. The summed E-state index contributed by atoms with van der Waals surface area (Å²) in [6.45, 7) is 4.21. The van der Waals surface area contributed by atoms with Crippen molar-refractivity contribution in [2.75, 3.05) is 25.5 Å². The van der Waals surface area contributed by atoms with Gasteiger partial charge < -0.3 is 10.2 Å². The molecule has 1 saturated heterocycles. The first kappa shape index (κ1) is 17.2. The minimum absolute atomic E-state index is 0.391. The highest BCUT2D eigenvalue weighted by Crippen LogP contribution is 2.32. The maximum absolute atomic E-state index is 6.11. The first-order chi connectivity index (χ1) is 12.6. The van der Waals surface area contributed by atoms with Crippen LogP contribution in [0.15, 0.2) is 36.7 Å². The molecule has 26 heavy (non-hydrogen) atoms. The topological polar surface area (TPSA) is 53.9 Å². The van der Waals surface area contributed by atoms with E-state index in [1.54, 1.807) is 6.20 Å². The fourth-order valence-electron chi connectivity index (χ4n) is 3.67. The van der Waals surface area contributed by atoms with Gasteiger partial charge in [0.2, 0.25) is 0 Å². The number of fused-ring (bicyclic) bond motifs is 1. The van der Waals surface area contributed by atoms with Crippen molar-refractivity contribution in [3.63, 3.8) is 0 Å². The van der Waals surface area contributed by atoms with Crippen molar-refractivity contribution in [1.82, 2.24) is 20.1 Å².